The molecule has 2 rings (SSSR count). The minimum Gasteiger partial charge on any atom is -0.465 e. The number of nitrogens with zero attached hydrogens (tertiary/aromatic N) is 1. The maximum atomic E-state index is 5.82. The maximum Gasteiger partial charge on any atom is 0.118 e. The third-order valence-corrected chi connectivity index (χ3v) is 4.77. The number of furan rings is 1. The van der Waals surface area contributed by atoms with Crippen LogP contribution in [0.4, 0.5) is 0 Å². The summed E-state index contributed by atoms with van der Waals surface area (Å²) in [6.45, 7) is 9.17. The van der Waals surface area contributed by atoms with E-state index < -0.39 is 0 Å². The monoisotopic (exact) mass is 306 g/mol. The first-order valence-electron chi connectivity index (χ1n) is 7.61. The highest BCUT2D eigenvalue weighted by atomic mass is 32.1. The minimum absolute atomic E-state index is 0.523. The Labute approximate surface area is 132 Å². The van der Waals surface area contributed by atoms with Gasteiger partial charge in [-0.1, -0.05) is 13.0 Å². The molecule has 0 amide bonds. The summed E-state index contributed by atoms with van der Waals surface area (Å²) in [6.07, 6.45) is 1.11. The van der Waals surface area contributed by atoms with Crippen molar-refractivity contribution in [1.29, 1.82) is 0 Å². The molecule has 0 bridgehead atoms. The van der Waals surface area contributed by atoms with Crippen molar-refractivity contribution < 1.29 is 4.42 Å². The first-order valence-corrected chi connectivity index (χ1v) is 8.49. The fourth-order valence-corrected chi connectivity index (χ4v) is 3.21. The van der Waals surface area contributed by atoms with Crippen molar-refractivity contribution in [3.05, 3.63) is 45.5 Å². The molecule has 2 aromatic heterocycles. The summed E-state index contributed by atoms with van der Waals surface area (Å²) < 4.78 is 5.82. The molecular formula is C17H26N2OS. The SMILES string of the molecule is CCNCc1cc(CN(C)C(C)Cc2cccs2)c(C)o1. The molecule has 1 N–H and O–H groups in total. The summed E-state index contributed by atoms with van der Waals surface area (Å²) in [4.78, 5) is 3.85. The predicted octanol–water partition coefficient (Wildman–Crippen LogP) is 3.82. The van der Waals surface area contributed by atoms with Gasteiger partial charge < -0.3 is 9.73 Å². The quantitative estimate of drug-likeness (QED) is 0.803. The molecule has 0 fully saturated rings. The second kappa shape index (κ2) is 7.78. The number of hydrogen-bond donors (Lipinski definition) is 1. The lowest BCUT2D eigenvalue weighted by Crippen LogP contribution is -2.30. The van der Waals surface area contributed by atoms with Crippen molar-refractivity contribution in [3.8, 4) is 0 Å². The molecule has 0 aliphatic heterocycles. The molecule has 1 unspecified atom stereocenters. The Balaban J connectivity index is 1.92. The van der Waals surface area contributed by atoms with Crippen LogP contribution >= 0.6 is 11.3 Å². The van der Waals surface area contributed by atoms with Crippen LogP contribution in [0.3, 0.4) is 0 Å². The molecule has 116 valence electrons. The van der Waals surface area contributed by atoms with Crippen LogP contribution in [0.1, 0.15) is 35.8 Å². The van der Waals surface area contributed by atoms with Crippen LogP contribution in [0.2, 0.25) is 0 Å². The summed E-state index contributed by atoms with van der Waals surface area (Å²) in [5.74, 6) is 2.07. The van der Waals surface area contributed by atoms with Crippen molar-refractivity contribution in [2.45, 2.75) is 46.3 Å². The van der Waals surface area contributed by atoms with Gasteiger partial charge in [-0.3, -0.25) is 4.90 Å². The van der Waals surface area contributed by atoms with Crippen LogP contribution in [0.5, 0.6) is 0 Å². The van der Waals surface area contributed by atoms with Crippen LogP contribution < -0.4 is 5.32 Å². The van der Waals surface area contributed by atoms with Crippen molar-refractivity contribution in [2.24, 2.45) is 0 Å². The molecule has 4 heteroatoms. The maximum absolute atomic E-state index is 5.82. The first kappa shape index (κ1) is 16.3. The third kappa shape index (κ3) is 4.70. The summed E-state index contributed by atoms with van der Waals surface area (Å²) in [7, 11) is 2.19. The molecule has 0 aromatic carbocycles. The Morgan fingerprint density at radius 2 is 2.24 bits per heavy atom. The molecule has 0 saturated heterocycles. The van der Waals surface area contributed by atoms with Crippen LogP contribution in [0, 0.1) is 6.92 Å². The van der Waals surface area contributed by atoms with Crippen LogP contribution in [0.15, 0.2) is 28.0 Å². The Morgan fingerprint density at radius 3 is 2.90 bits per heavy atom. The molecule has 3 nitrogen and oxygen atoms in total. The predicted molar refractivity (Wildman–Crippen MR) is 89.8 cm³/mol. The normalized spacial score (nSPS) is 13.0. The van der Waals surface area contributed by atoms with E-state index in [-0.39, 0.29) is 0 Å². The lowest BCUT2D eigenvalue weighted by Gasteiger charge is -2.24. The summed E-state index contributed by atoms with van der Waals surface area (Å²) in [5, 5.41) is 5.45. The molecular weight excluding hydrogens is 280 g/mol. The standard InChI is InChI=1S/C17H26N2OS/c1-5-18-11-16-10-15(14(3)20-16)12-19(4)13(2)9-17-7-6-8-21-17/h6-8,10,13,18H,5,9,11-12H2,1-4H3. The number of rotatable bonds is 8. The number of aryl methyl sites for hydroxylation is 1. The second-order valence-electron chi connectivity index (χ2n) is 5.62. The molecule has 0 aliphatic carbocycles. The lowest BCUT2D eigenvalue weighted by atomic mass is 10.1. The van der Waals surface area contributed by atoms with Gasteiger partial charge in [-0.05, 0) is 51.4 Å². The molecule has 21 heavy (non-hydrogen) atoms. The van der Waals surface area contributed by atoms with Gasteiger partial charge in [0.25, 0.3) is 0 Å². The van der Waals surface area contributed by atoms with Gasteiger partial charge in [0.15, 0.2) is 0 Å². The van der Waals surface area contributed by atoms with E-state index in [0.29, 0.717) is 6.04 Å². The molecule has 2 aromatic rings. The highest BCUT2D eigenvalue weighted by Crippen LogP contribution is 2.19. The molecule has 0 radical (unpaired) electrons. The highest BCUT2D eigenvalue weighted by Gasteiger charge is 2.14. The molecule has 0 saturated carbocycles. The van der Waals surface area contributed by atoms with E-state index in [1.165, 1.54) is 10.4 Å². The number of hydrogen-bond acceptors (Lipinski definition) is 4. The fraction of sp³-hybridized carbons (Fsp3) is 0.529. The van der Waals surface area contributed by atoms with Gasteiger partial charge in [0.1, 0.15) is 11.5 Å². The van der Waals surface area contributed by atoms with Gasteiger partial charge in [0, 0.05) is 23.0 Å². The van der Waals surface area contributed by atoms with Crippen molar-refractivity contribution in [2.75, 3.05) is 13.6 Å². The van der Waals surface area contributed by atoms with E-state index in [1.54, 1.807) is 0 Å². The smallest absolute Gasteiger partial charge is 0.118 e. The zero-order chi connectivity index (χ0) is 15.2. The summed E-state index contributed by atoms with van der Waals surface area (Å²) in [5.41, 5.74) is 1.29. The van der Waals surface area contributed by atoms with E-state index in [9.17, 15) is 0 Å². The summed E-state index contributed by atoms with van der Waals surface area (Å²) >= 11 is 1.84. The van der Waals surface area contributed by atoms with Gasteiger partial charge in [0.05, 0.1) is 6.54 Å². The van der Waals surface area contributed by atoms with E-state index in [4.69, 9.17) is 4.42 Å². The summed E-state index contributed by atoms with van der Waals surface area (Å²) in [6, 6.07) is 7.05. The number of thiophene rings is 1. The first-order chi connectivity index (χ1) is 10.1. The van der Waals surface area contributed by atoms with E-state index in [0.717, 1.165) is 37.6 Å². The van der Waals surface area contributed by atoms with Crippen molar-refractivity contribution in [1.82, 2.24) is 10.2 Å². The van der Waals surface area contributed by atoms with Gasteiger partial charge in [-0.2, -0.15) is 0 Å². The van der Waals surface area contributed by atoms with E-state index in [1.807, 2.05) is 11.3 Å². The van der Waals surface area contributed by atoms with Crippen LogP contribution in [0.25, 0.3) is 0 Å². The molecule has 0 aliphatic rings. The highest BCUT2D eigenvalue weighted by molar-refractivity contribution is 7.09. The van der Waals surface area contributed by atoms with Gasteiger partial charge in [0.2, 0.25) is 0 Å². The number of nitrogens with one attached hydrogen (secondary N) is 1. The third-order valence-electron chi connectivity index (χ3n) is 3.87. The van der Waals surface area contributed by atoms with Crippen LogP contribution in [-0.4, -0.2) is 24.5 Å². The minimum atomic E-state index is 0.523. The largest absolute Gasteiger partial charge is 0.465 e. The fourth-order valence-electron chi connectivity index (χ4n) is 2.38. The van der Waals surface area contributed by atoms with Gasteiger partial charge in [-0.15, -0.1) is 11.3 Å². The second-order valence-corrected chi connectivity index (χ2v) is 6.65. The van der Waals surface area contributed by atoms with E-state index in [2.05, 4.69) is 61.6 Å². The molecule has 0 spiro atoms. The van der Waals surface area contributed by atoms with Crippen LogP contribution in [-0.2, 0) is 19.5 Å². The van der Waals surface area contributed by atoms with Gasteiger partial charge >= 0.3 is 0 Å². The zero-order valence-electron chi connectivity index (χ0n) is 13.5. The number of likely N-dealkylation sites (N-methyl/N-ethyl adjacent to an activating group) is 1. The van der Waals surface area contributed by atoms with E-state index >= 15 is 0 Å². The average molecular weight is 306 g/mol. The Bertz CT molecular complexity index is 533. The van der Waals surface area contributed by atoms with Crippen molar-refractivity contribution in [3.63, 3.8) is 0 Å². The van der Waals surface area contributed by atoms with Crippen molar-refractivity contribution >= 4 is 11.3 Å². The lowest BCUT2D eigenvalue weighted by molar-refractivity contribution is 0.247. The molecule has 2 heterocycles. The topological polar surface area (TPSA) is 28.4 Å². The Morgan fingerprint density at radius 1 is 1.43 bits per heavy atom. The Kier molecular flexibility index (Phi) is 6.03. The zero-order valence-corrected chi connectivity index (χ0v) is 14.3. The molecule has 1 atom stereocenters. The Hall–Kier alpha value is -1.10. The van der Waals surface area contributed by atoms with Gasteiger partial charge in [-0.25, -0.2) is 0 Å². The average Bonchev–Trinajstić information content (AvgIpc) is 3.07.